The molecule has 8 unspecified atom stereocenters. The van der Waals surface area contributed by atoms with E-state index in [4.69, 9.17) is 20.4 Å². The Hall–Kier alpha value is 0.111. The fourth-order valence-electron chi connectivity index (χ4n) is 2.00. The van der Waals surface area contributed by atoms with Gasteiger partial charge in [0, 0.05) is 13.2 Å². The normalized spacial score (nSPS) is 18.6. The molecule has 0 heterocycles. The number of carboxylic acids is 2. The van der Waals surface area contributed by atoms with Gasteiger partial charge in [-0.2, -0.15) is 0 Å². The predicted octanol–water partition coefficient (Wildman–Crippen LogP) is -7.95. The number of aliphatic hydroxyl groups excluding tert-OH is 8. The summed E-state index contributed by atoms with van der Waals surface area (Å²) in [5.41, 5.74) is 0. The van der Waals surface area contributed by atoms with Crippen molar-refractivity contribution in [2.45, 2.75) is 62.7 Å². The standard InChI is InChI=1S/2C8H16O7.Ba/c2*1-2-15-7(8(13)14)6(12)5(11)4(10)3-9;/h2*4-7,9-12H,2-3H2,1H3,(H,13,14);/q;;+2/p-2. The Morgan fingerprint density at radius 3 is 1.10 bits per heavy atom. The Balaban J connectivity index is -0.000000490. The van der Waals surface area contributed by atoms with Gasteiger partial charge in [-0.15, -0.1) is 0 Å². The van der Waals surface area contributed by atoms with E-state index in [2.05, 4.69) is 9.47 Å². The van der Waals surface area contributed by atoms with E-state index in [9.17, 15) is 40.2 Å². The third-order valence-electron chi connectivity index (χ3n) is 3.64. The second-order valence-corrected chi connectivity index (χ2v) is 5.85. The number of hydrogen-bond acceptors (Lipinski definition) is 14. The van der Waals surface area contributed by atoms with E-state index >= 15 is 0 Å². The molecular weight excluding hydrogens is 553 g/mol. The molecule has 0 saturated carbocycles. The van der Waals surface area contributed by atoms with E-state index in [0.717, 1.165) is 0 Å². The molecule has 0 aliphatic carbocycles. The molecule has 0 radical (unpaired) electrons. The molecule has 0 fully saturated rings. The van der Waals surface area contributed by atoms with Crippen molar-refractivity contribution in [3.05, 3.63) is 0 Å². The van der Waals surface area contributed by atoms with Gasteiger partial charge in [-0.05, 0) is 13.8 Å². The van der Waals surface area contributed by atoms with Gasteiger partial charge in [-0.3, -0.25) is 0 Å². The van der Waals surface area contributed by atoms with Crippen molar-refractivity contribution in [1.82, 2.24) is 0 Å². The number of hydrogen-bond donors (Lipinski definition) is 8. The van der Waals surface area contributed by atoms with E-state index in [0.29, 0.717) is 0 Å². The number of rotatable bonds is 14. The third kappa shape index (κ3) is 13.4. The number of carboxylic acid groups (broad SMARTS) is 2. The summed E-state index contributed by atoms with van der Waals surface area (Å²) in [6, 6.07) is 0. The summed E-state index contributed by atoms with van der Waals surface area (Å²) < 4.78 is 9.23. The van der Waals surface area contributed by atoms with Gasteiger partial charge in [0.2, 0.25) is 0 Å². The average Bonchev–Trinajstić information content (AvgIpc) is 2.72. The van der Waals surface area contributed by atoms with Gasteiger partial charge in [0.15, 0.2) is 0 Å². The SMILES string of the molecule is CCOC(C(=O)[O-])C(O)C(O)C(O)CO.CCOC(C(=O)[O-])C(O)C(O)C(O)CO.[Ba+2]. The van der Waals surface area contributed by atoms with Crippen molar-refractivity contribution in [3.8, 4) is 0 Å². The Kier molecular flexibility index (Phi) is 22.5. The first-order valence-electron chi connectivity index (χ1n) is 8.85. The molecule has 0 aromatic heterocycles. The third-order valence-corrected chi connectivity index (χ3v) is 3.64. The van der Waals surface area contributed by atoms with E-state index in [1.54, 1.807) is 0 Å². The summed E-state index contributed by atoms with van der Waals surface area (Å²) in [7, 11) is 0. The van der Waals surface area contributed by atoms with E-state index < -0.39 is 74.0 Å². The van der Waals surface area contributed by atoms with Crippen LogP contribution in [0.25, 0.3) is 0 Å². The first-order chi connectivity index (χ1) is 13.9. The molecule has 0 spiro atoms. The van der Waals surface area contributed by atoms with Gasteiger partial charge in [0.05, 0.1) is 25.2 Å². The van der Waals surface area contributed by atoms with Crippen LogP contribution in [0.15, 0.2) is 0 Å². The van der Waals surface area contributed by atoms with Gasteiger partial charge in [-0.1, -0.05) is 0 Å². The Labute approximate surface area is 218 Å². The predicted molar refractivity (Wildman–Crippen MR) is 96.8 cm³/mol. The number of carbonyl (C=O) groups is 2. The zero-order valence-electron chi connectivity index (χ0n) is 17.2. The minimum atomic E-state index is -1.86. The van der Waals surface area contributed by atoms with Crippen LogP contribution >= 0.6 is 0 Å². The Morgan fingerprint density at radius 2 is 0.935 bits per heavy atom. The molecule has 14 nitrogen and oxygen atoms in total. The second kappa shape index (κ2) is 19.6. The van der Waals surface area contributed by atoms with Gasteiger partial charge < -0.3 is 70.1 Å². The van der Waals surface area contributed by atoms with Crippen LogP contribution in [0.1, 0.15) is 13.8 Å². The summed E-state index contributed by atoms with van der Waals surface area (Å²) in [5, 5.41) is 92.9. The topological polar surface area (TPSA) is 261 Å². The molecule has 8 N–H and O–H groups in total. The van der Waals surface area contributed by atoms with Crippen LogP contribution in [-0.4, -0.2) is 177 Å². The van der Waals surface area contributed by atoms with Crippen molar-refractivity contribution in [3.63, 3.8) is 0 Å². The van der Waals surface area contributed by atoms with Gasteiger partial charge in [0.25, 0.3) is 0 Å². The number of ether oxygens (including phenoxy) is 2. The van der Waals surface area contributed by atoms with E-state index in [1.165, 1.54) is 13.8 Å². The molecule has 0 aliphatic rings. The van der Waals surface area contributed by atoms with Crippen molar-refractivity contribution < 1.29 is 70.1 Å². The summed E-state index contributed by atoms with van der Waals surface area (Å²) >= 11 is 0. The maximum atomic E-state index is 10.5. The molecule has 0 aliphatic heterocycles. The molecule has 0 aromatic rings. The monoisotopic (exact) mass is 584 g/mol. The first kappa shape index (κ1) is 35.7. The fourth-order valence-corrected chi connectivity index (χ4v) is 2.00. The van der Waals surface area contributed by atoms with Crippen molar-refractivity contribution in [1.29, 1.82) is 0 Å². The number of aliphatic hydroxyl groups is 8. The van der Waals surface area contributed by atoms with Crippen LogP contribution in [0.3, 0.4) is 0 Å². The maximum Gasteiger partial charge on any atom is 2.00 e. The molecule has 0 bridgehead atoms. The van der Waals surface area contributed by atoms with Crippen LogP contribution < -0.4 is 10.2 Å². The molecule has 0 rings (SSSR count). The van der Waals surface area contributed by atoms with Crippen LogP contribution in [0.2, 0.25) is 0 Å². The van der Waals surface area contributed by atoms with Gasteiger partial charge in [0.1, 0.15) is 48.8 Å². The molecule has 8 atom stereocenters. The molecule has 180 valence electrons. The summed E-state index contributed by atoms with van der Waals surface area (Å²) in [4.78, 5) is 21.0. The zero-order valence-corrected chi connectivity index (χ0v) is 21.6. The Morgan fingerprint density at radius 1 is 0.677 bits per heavy atom. The minimum Gasteiger partial charge on any atom is -0.547 e. The van der Waals surface area contributed by atoms with Crippen LogP contribution in [0, 0.1) is 0 Å². The molecule has 0 amide bonds. The van der Waals surface area contributed by atoms with Crippen molar-refractivity contribution >= 4 is 60.8 Å². The van der Waals surface area contributed by atoms with Gasteiger partial charge in [-0.25, -0.2) is 0 Å². The van der Waals surface area contributed by atoms with E-state index in [1.807, 2.05) is 0 Å². The largest absolute Gasteiger partial charge is 2.00 e. The van der Waals surface area contributed by atoms with Crippen LogP contribution in [0.4, 0.5) is 0 Å². The van der Waals surface area contributed by atoms with E-state index in [-0.39, 0.29) is 62.1 Å². The van der Waals surface area contributed by atoms with Crippen LogP contribution in [-0.2, 0) is 19.1 Å². The fraction of sp³-hybridized carbons (Fsp3) is 0.875. The second-order valence-electron chi connectivity index (χ2n) is 5.85. The summed E-state index contributed by atoms with van der Waals surface area (Å²) in [5.74, 6) is -3.40. The Bertz CT molecular complexity index is 439. The van der Waals surface area contributed by atoms with Crippen molar-refractivity contribution in [2.24, 2.45) is 0 Å². The molecule has 0 saturated heterocycles. The van der Waals surface area contributed by atoms with Gasteiger partial charge >= 0.3 is 48.9 Å². The summed E-state index contributed by atoms with van der Waals surface area (Å²) in [6.45, 7) is 1.39. The average molecular weight is 584 g/mol. The number of aliphatic carboxylic acids is 2. The minimum absolute atomic E-state index is 0. The molecular formula is C16H30BaO14. The molecule has 15 heteroatoms. The maximum absolute atomic E-state index is 10.5. The number of carbonyl (C=O) groups excluding carboxylic acids is 2. The van der Waals surface area contributed by atoms with Crippen LogP contribution in [0.5, 0.6) is 0 Å². The smallest absolute Gasteiger partial charge is 0.547 e. The molecule has 31 heavy (non-hydrogen) atoms. The summed E-state index contributed by atoms with van der Waals surface area (Å²) in [6.07, 6.45) is -14.1. The zero-order chi connectivity index (χ0) is 24.0. The quantitative estimate of drug-likeness (QED) is 0.0883. The van der Waals surface area contributed by atoms with Crippen molar-refractivity contribution in [2.75, 3.05) is 26.4 Å². The molecule has 0 aromatic carbocycles. The first-order valence-corrected chi connectivity index (χ1v) is 8.85.